The van der Waals surface area contributed by atoms with Crippen LogP contribution in [0.15, 0.2) is 0 Å². The van der Waals surface area contributed by atoms with Crippen molar-refractivity contribution in [2.75, 3.05) is 13.2 Å². The highest BCUT2D eigenvalue weighted by molar-refractivity contribution is 6.92. The highest BCUT2D eigenvalue weighted by Gasteiger charge is 2.54. The molecule has 0 fully saturated rings. The molecule has 0 aliphatic rings. The predicted molar refractivity (Wildman–Crippen MR) is 211 cm³/mol. The van der Waals surface area contributed by atoms with E-state index in [1.807, 2.05) is 0 Å². The van der Waals surface area contributed by atoms with Crippen molar-refractivity contribution in [3.63, 3.8) is 0 Å². The van der Waals surface area contributed by atoms with E-state index in [2.05, 4.69) is 82.7 Å². The topological polar surface area (TPSA) is 46.2 Å². The lowest BCUT2D eigenvalue weighted by Gasteiger charge is -2.48. The zero-order valence-corrected chi connectivity index (χ0v) is 37.8. The summed E-state index contributed by atoms with van der Waals surface area (Å²) in [6.07, 6.45) is 13.1. The van der Waals surface area contributed by atoms with E-state index in [9.17, 15) is 0 Å². The average molecular weight is 723 g/mol. The second kappa shape index (κ2) is 24.9. The van der Waals surface area contributed by atoms with Crippen molar-refractivity contribution in [3.05, 3.63) is 0 Å². The van der Waals surface area contributed by atoms with Crippen molar-refractivity contribution in [1.82, 2.24) is 0 Å². The summed E-state index contributed by atoms with van der Waals surface area (Å²) in [5, 5.41) is 0. The quantitative estimate of drug-likeness (QED) is 0.0511. The van der Waals surface area contributed by atoms with Gasteiger partial charge in [0.05, 0.1) is 0 Å². The van der Waals surface area contributed by atoms with E-state index in [1.165, 1.54) is 119 Å². The molecule has 0 radical (unpaired) electrons. The number of rotatable bonds is 32. The molecule has 272 valence electrons. The minimum atomic E-state index is -2.84. The van der Waals surface area contributed by atoms with E-state index in [0.717, 1.165) is 25.3 Å². The summed E-state index contributed by atoms with van der Waals surface area (Å²) in [6, 6.07) is 12.7. The zero-order chi connectivity index (χ0) is 34.3. The SMILES string of the molecule is CCO[Si](C)(CCCCCCCCCCCC[Si](O[Si](CC)(CC)CC)(O[Si](CC)(CC)CC)O[Si](CC)(CC)CC)OCC. The van der Waals surface area contributed by atoms with Gasteiger partial charge in [0.25, 0.3) is 0 Å². The fourth-order valence-corrected chi connectivity index (χ4v) is 30.7. The number of hydrogen-bond acceptors (Lipinski definition) is 5. The first kappa shape index (κ1) is 45.9. The summed E-state index contributed by atoms with van der Waals surface area (Å²) < 4.78 is 34.9. The van der Waals surface area contributed by atoms with Gasteiger partial charge >= 0.3 is 17.4 Å². The summed E-state index contributed by atoms with van der Waals surface area (Å²) in [5.74, 6) is 0. The molecule has 0 rings (SSSR count). The maximum atomic E-state index is 7.62. The van der Waals surface area contributed by atoms with Gasteiger partial charge in [-0.15, -0.1) is 0 Å². The molecule has 5 nitrogen and oxygen atoms in total. The lowest BCUT2D eigenvalue weighted by molar-refractivity contribution is 0.188. The van der Waals surface area contributed by atoms with Crippen LogP contribution in [0.5, 0.6) is 0 Å². The van der Waals surface area contributed by atoms with E-state index in [-0.39, 0.29) is 0 Å². The molecule has 10 heteroatoms. The maximum absolute atomic E-state index is 7.62. The van der Waals surface area contributed by atoms with Crippen LogP contribution in [-0.4, -0.2) is 55.5 Å². The first-order valence-corrected chi connectivity index (χ1v) is 31.9. The molecule has 0 aromatic heterocycles. The minimum Gasteiger partial charge on any atom is -0.416 e. The van der Waals surface area contributed by atoms with Gasteiger partial charge in [0, 0.05) is 19.3 Å². The molecule has 0 heterocycles. The largest absolute Gasteiger partial charge is 0.469 e. The Hall–Kier alpha value is 0.884. The summed E-state index contributed by atoms with van der Waals surface area (Å²) in [5.41, 5.74) is 0. The Morgan fingerprint density at radius 2 is 0.578 bits per heavy atom. The van der Waals surface area contributed by atoms with Crippen molar-refractivity contribution < 1.29 is 21.2 Å². The Kier molecular flexibility index (Phi) is 25.4. The van der Waals surface area contributed by atoms with E-state index >= 15 is 0 Å². The van der Waals surface area contributed by atoms with E-state index in [4.69, 9.17) is 21.2 Å². The molecule has 0 bridgehead atoms. The first-order valence-electron chi connectivity index (χ1n) is 19.9. The second-order valence-corrected chi connectivity index (χ2v) is 34.9. The van der Waals surface area contributed by atoms with Crippen LogP contribution in [-0.2, 0) is 21.2 Å². The van der Waals surface area contributed by atoms with Crippen LogP contribution in [0, 0.1) is 0 Å². The van der Waals surface area contributed by atoms with Crippen LogP contribution in [0.3, 0.4) is 0 Å². The fourth-order valence-electron chi connectivity index (χ4n) is 7.10. The van der Waals surface area contributed by atoms with Gasteiger partial charge in [-0.2, -0.15) is 0 Å². The maximum Gasteiger partial charge on any atom is 0.469 e. The Labute approximate surface area is 289 Å². The molecule has 0 unspecified atom stereocenters. The molecule has 0 spiro atoms. The van der Waals surface area contributed by atoms with Crippen LogP contribution < -0.4 is 0 Å². The van der Waals surface area contributed by atoms with Crippen molar-refractivity contribution in [3.8, 4) is 0 Å². The number of hydrogen-bond donors (Lipinski definition) is 0. The van der Waals surface area contributed by atoms with Crippen LogP contribution in [0.4, 0.5) is 0 Å². The highest BCUT2D eigenvalue weighted by atomic mass is 28.5. The van der Waals surface area contributed by atoms with Gasteiger partial charge in [0.2, 0.25) is 0 Å². The predicted octanol–water partition coefficient (Wildman–Crippen LogP) is 13.0. The van der Waals surface area contributed by atoms with Crippen molar-refractivity contribution >= 4 is 42.3 Å². The fraction of sp³-hybridized carbons (Fsp3) is 1.00. The zero-order valence-electron chi connectivity index (χ0n) is 32.8. The monoisotopic (exact) mass is 723 g/mol. The van der Waals surface area contributed by atoms with E-state index in [0.29, 0.717) is 0 Å². The van der Waals surface area contributed by atoms with Crippen LogP contribution in [0.1, 0.15) is 140 Å². The molecule has 0 aromatic carbocycles. The van der Waals surface area contributed by atoms with Crippen molar-refractivity contribution in [2.24, 2.45) is 0 Å². The third kappa shape index (κ3) is 16.4. The molecular formula is C35H82O5Si5. The van der Waals surface area contributed by atoms with Crippen LogP contribution >= 0.6 is 0 Å². The highest BCUT2D eigenvalue weighted by Crippen LogP contribution is 2.39. The molecule has 0 aliphatic carbocycles. The number of unbranched alkanes of at least 4 members (excludes halogenated alkanes) is 9. The lowest BCUT2D eigenvalue weighted by atomic mass is 10.1. The molecule has 0 amide bonds. The Morgan fingerprint density at radius 1 is 0.333 bits per heavy atom. The summed E-state index contributed by atoms with van der Waals surface area (Å²) >= 11 is 0. The minimum absolute atomic E-state index is 0.773. The summed E-state index contributed by atoms with van der Waals surface area (Å²) in [4.78, 5) is 0. The smallest absolute Gasteiger partial charge is 0.416 e. The molecule has 0 atom stereocenters. The van der Waals surface area contributed by atoms with Gasteiger partial charge in [0.1, 0.15) is 0 Å². The van der Waals surface area contributed by atoms with Crippen molar-refractivity contribution in [2.45, 2.75) is 213 Å². The molecule has 0 saturated heterocycles. The first-order chi connectivity index (χ1) is 21.5. The van der Waals surface area contributed by atoms with Gasteiger partial charge in [-0.1, -0.05) is 120 Å². The average Bonchev–Trinajstić information content (AvgIpc) is 3.06. The van der Waals surface area contributed by atoms with Gasteiger partial charge in [-0.25, -0.2) is 0 Å². The van der Waals surface area contributed by atoms with Gasteiger partial charge in [-0.05, 0) is 87.3 Å². The van der Waals surface area contributed by atoms with Crippen molar-refractivity contribution in [1.29, 1.82) is 0 Å². The van der Waals surface area contributed by atoms with Crippen LogP contribution in [0.2, 0.25) is 73.0 Å². The Morgan fingerprint density at radius 3 is 0.822 bits per heavy atom. The third-order valence-electron chi connectivity index (χ3n) is 11.2. The van der Waals surface area contributed by atoms with Gasteiger partial charge < -0.3 is 21.2 Å². The molecule has 0 aromatic rings. The lowest BCUT2D eigenvalue weighted by Crippen LogP contribution is -2.64. The van der Waals surface area contributed by atoms with Crippen LogP contribution in [0.25, 0.3) is 0 Å². The van der Waals surface area contributed by atoms with E-state index in [1.54, 1.807) is 0 Å². The van der Waals surface area contributed by atoms with Gasteiger partial charge in [-0.3, -0.25) is 0 Å². The second-order valence-electron chi connectivity index (χ2n) is 13.8. The molecule has 0 aliphatic heterocycles. The third-order valence-corrected chi connectivity index (χ3v) is 35.7. The molecule has 0 N–H and O–H groups in total. The Bertz CT molecular complexity index is 616. The molecule has 0 saturated carbocycles. The molecular weight excluding hydrogens is 641 g/mol. The summed E-state index contributed by atoms with van der Waals surface area (Å²) in [7, 11) is -10.5. The summed E-state index contributed by atoms with van der Waals surface area (Å²) in [6.45, 7) is 29.3. The molecule has 45 heavy (non-hydrogen) atoms. The normalized spacial score (nSPS) is 13.6. The van der Waals surface area contributed by atoms with Gasteiger partial charge in [0.15, 0.2) is 25.0 Å². The Balaban J connectivity index is 5.32. The van der Waals surface area contributed by atoms with E-state index < -0.39 is 42.3 Å². The standard InChI is InChI=1S/C35H82O5Si5/c1-13-36-41(12,37-14-2)34-32-30-28-26-24-25-27-29-31-33-35-45(38-42(15-3,16-4)17-5,39-43(18-6,19-7)20-8)40-44(21-9,22-10)23-11/h13-35H2,1-12H3.